The maximum atomic E-state index is 9.29. The predicted molar refractivity (Wildman–Crippen MR) is 350 cm³/mol. The van der Waals surface area contributed by atoms with Gasteiger partial charge < -0.3 is 43.7 Å². The molecule has 11 nitrogen and oxygen atoms in total. The molecule has 4 aliphatic rings. The molecule has 86 heavy (non-hydrogen) atoms. The number of aliphatic hydroxyl groups is 1. The molecule has 2 saturated heterocycles. The second-order valence-corrected chi connectivity index (χ2v) is 21.0. The van der Waals surface area contributed by atoms with E-state index < -0.39 is 0 Å². The predicted octanol–water partition coefficient (Wildman–Crippen LogP) is 15.2. The molecular weight excluding hydrogens is 1060 g/mol. The van der Waals surface area contributed by atoms with Crippen molar-refractivity contribution >= 4 is 78.9 Å². The van der Waals surface area contributed by atoms with Gasteiger partial charge in [-0.1, -0.05) is 123 Å². The van der Waals surface area contributed by atoms with E-state index in [1.165, 1.54) is 76.9 Å². The van der Waals surface area contributed by atoms with Gasteiger partial charge in [-0.05, 0) is 155 Å². The van der Waals surface area contributed by atoms with Gasteiger partial charge >= 0.3 is 20.3 Å². The molecule has 0 saturated carbocycles. The minimum Gasteiger partial charge on any atom is -0.396 e. The summed E-state index contributed by atoms with van der Waals surface area (Å²) in [6, 6.07) is 83.6. The van der Waals surface area contributed by atoms with Gasteiger partial charge in [0, 0.05) is 50.9 Å². The molecule has 0 spiro atoms. The molecule has 2 fully saturated rings. The van der Waals surface area contributed by atoms with E-state index in [2.05, 4.69) is 194 Å². The monoisotopic (exact) mass is 1140 g/mol. The number of benzene rings is 9. The first kappa shape index (κ1) is 62.7. The number of unbranched alkanes of at least 4 members (excludes halogenated alkanes) is 1. The molecular formula is C74H80LiN6O5+. The van der Waals surface area contributed by atoms with Gasteiger partial charge in [0.25, 0.3) is 0 Å². The van der Waals surface area contributed by atoms with Gasteiger partial charge in [-0.2, -0.15) is 36.4 Å². The number of hydrogen-bond donors (Lipinski definition) is 1. The summed E-state index contributed by atoms with van der Waals surface area (Å²) in [5.74, 6) is 0. The van der Waals surface area contributed by atoms with E-state index in [4.69, 9.17) is 18.9 Å². The van der Waals surface area contributed by atoms with E-state index in [0.717, 1.165) is 99.2 Å². The Hall–Kier alpha value is -7.82. The Labute approximate surface area is 522 Å². The van der Waals surface area contributed by atoms with E-state index in [9.17, 15) is 5.11 Å². The first-order chi connectivity index (χ1) is 42.2. The molecule has 436 valence electrons. The van der Waals surface area contributed by atoms with Crippen LogP contribution in [0.5, 0.6) is 0 Å². The number of aromatic nitrogens is 2. The van der Waals surface area contributed by atoms with Crippen molar-refractivity contribution in [3.63, 3.8) is 0 Å². The van der Waals surface area contributed by atoms with Crippen molar-refractivity contribution in [2.45, 2.75) is 83.7 Å². The van der Waals surface area contributed by atoms with Gasteiger partial charge in [0.15, 0.2) is 12.6 Å². The topological polar surface area (TPSA) is 95.9 Å². The minimum atomic E-state index is -0.0201. The van der Waals surface area contributed by atoms with Crippen molar-refractivity contribution in [3.8, 4) is 0 Å². The Morgan fingerprint density at radius 2 is 0.767 bits per heavy atom. The van der Waals surface area contributed by atoms with Crippen LogP contribution < -0.4 is 38.5 Å². The Bertz CT molecular complexity index is 3330. The van der Waals surface area contributed by atoms with E-state index in [0.29, 0.717) is 6.61 Å². The van der Waals surface area contributed by atoms with E-state index in [1.807, 2.05) is 84.9 Å². The second-order valence-electron chi connectivity index (χ2n) is 21.0. The van der Waals surface area contributed by atoms with Crippen LogP contribution in [-0.4, -0.2) is 73.8 Å². The van der Waals surface area contributed by atoms with Crippen molar-refractivity contribution in [3.05, 3.63) is 243 Å². The smallest absolute Gasteiger partial charge is 0.396 e. The zero-order valence-corrected chi connectivity index (χ0v) is 50.0. The number of hydrogen-bond acceptors (Lipinski definition) is 11. The molecule has 10 aromatic rings. The zero-order valence-electron chi connectivity index (χ0n) is 51.0. The maximum absolute atomic E-state index is 9.29. The first-order valence-electron chi connectivity index (χ1n) is 30.4. The second kappa shape index (κ2) is 33.8. The largest absolute Gasteiger partial charge is 1.00 e. The molecule has 0 radical (unpaired) electrons. The average Bonchev–Trinajstić information content (AvgIpc) is 1.22. The third-order valence-electron chi connectivity index (χ3n) is 15.0. The van der Waals surface area contributed by atoms with Gasteiger partial charge in [-0.3, -0.25) is 0 Å². The number of anilines is 10. The summed E-state index contributed by atoms with van der Waals surface area (Å²) in [6.07, 6.45) is 11.1. The van der Waals surface area contributed by atoms with Crippen LogP contribution >= 0.6 is 0 Å². The molecule has 0 bridgehead atoms. The van der Waals surface area contributed by atoms with E-state index >= 15 is 0 Å². The minimum absolute atomic E-state index is 0. The fourth-order valence-corrected chi connectivity index (χ4v) is 10.9. The maximum Gasteiger partial charge on any atom is 1.00 e. The molecule has 2 unspecified atom stereocenters. The zero-order chi connectivity index (χ0) is 58.1. The molecule has 14 rings (SSSR count). The fraction of sp³-hybridized carbons (Fsp3) is 0.270. The van der Waals surface area contributed by atoms with Gasteiger partial charge in [0.2, 0.25) is 0 Å². The van der Waals surface area contributed by atoms with Crippen LogP contribution in [-0.2, 0) is 18.9 Å². The number of rotatable bonds is 14. The van der Waals surface area contributed by atoms with Crippen LogP contribution in [0.15, 0.2) is 237 Å². The van der Waals surface area contributed by atoms with Crippen molar-refractivity contribution in [1.82, 2.24) is 9.97 Å². The molecule has 12 heteroatoms. The Balaban J connectivity index is 0.000000153. The molecule has 0 amide bonds. The average molecular weight is 1140 g/mol. The van der Waals surface area contributed by atoms with Crippen LogP contribution in [0.2, 0.25) is 0 Å². The quantitative estimate of drug-likeness (QED) is 0.0488. The molecule has 5 heterocycles. The van der Waals surface area contributed by atoms with E-state index in [-0.39, 0.29) is 39.5 Å². The summed E-state index contributed by atoms with van der Waals surface area (Å²) >= 11 is 0. The molecule has 2 atom stereocenters. The van der Waals surface area contributed by atoms with Gasteiger partial charge in [0.05, 0.1) is 74.2 Å². The standard InChI is InChI=1S/C26H28N2O2.C21H20N2O.C12H8N2.C9H18O2.C6H5.Li/c1-2-11-21(12-3-1)28-24-15-6-4-13-22(24)27(23-14-5-7-16-25(23)28)18-10-20-30-26-17-8-9-19-29-26;24-16-8-15-22-18-11-4-6-13-20(18)23(17-9-2-1-3-10-17)21-14-7-5-12-19(21)22;1-2-6-10-9(5-1)13-11-7-3-4-8-12(11)14-10;1-2-3-7-10-9-6-4-5-8-11-9;1-2-4-6-5-3-1;/h1-7,11-16,26H,8-10,17-20H2;1-7,9-14,24H,8,15-16H2;1-8H;9H,2-8H2,1H3;1-5H;/q;;;;-1;+1/p+1. The van der Waals surface area contributed by atoms with Crippen molar-refractivity contribution < 1.29 is 44.3 Å². The number of aliphatic hydroxyl groups excluding tert-OH is 1. The van der Waals surface area contributed by atoms with E-state index in [1.54, 1.807) is 0 Å². The molecule has 4 aliphatic heterocycles. The SMILES string of the molecule is CCCCOC1CCCCO1.OCCCN1c2ccccc2N(c2ccccc2)c2ccccc21.[H+].[Li+].[c-]1ccccc1.c1ccc(N2c3ccccc3N(CCCOC3CCCCO3)c3ccccc32)cc1.c1ccc2nc3ccccc3nc2c1. The van der Waals surface area contributed by atoms with Crippen LogP contribution in [0.25, 0.3) is 22.1 Å². The van der Waals surface area contributed by atoms with Crippen molar-refractivity contribution in [1.29, 1.82) is 0 Å². The van der Waals surface area contributed by atoms with Crippen LogP contribution in [0.3, 0.4) is 0 Å². The number of para-hydroxylation sites is 14. The summed E-state index contributed by atoms with van der Waals surface area (Å²) in [4.78, 5) is 18.4. The normalized spacial score (nSPS) is 15.4. The first-order valence-corrected chi connectivity index (χ1v) is 30.4. The van der Waals surface area contributed by atoms with Gasteiger partial charge in [-0.15, -0.1) is 0 Å². The Morgan fingerprint density at radius 3 is 1.09 bits per heavy atom. The summed E-state index contributed by atoms with van der Waals surface area (Å²) in [5.41, 5.74) is 15.7. The number of ether oxygens (including phenoxy) is 4. The third-order valence-corrected chi connectivity index (χ3v) is 15.0. The van der Waals surface area contributed by atoms with Gasteiger partial charge in [0.1, 0.15) is 0 Å². The molecule has 1 aromatic heterocycles. The summed E-state index contributed by atoms with van der Waals surface area (Å²) in [7, 11) is 0. The molecule has 0 aliphatic carbocycles. The van der Waals surface area contributed by atoms with Crippen molar-refractivity contribution in [2.75, 3.05) is 65.7 Å². The third kappa shape index (κ3) is 16.8. The summed E-state index contributed by atoms with van der Waals surface area (Å²) in [6.45, 7) is 7.36. The molecule has 9 aromatic carbocycles. The Morgan fingerprint density at radius 1 is 0.430 bits per heavy atom. The van der Waals surface area contributed by atoms with Crippen LogP contribution in [0.1, 0.15) is 72.6 Å². The van der Waals surface area contributed by atoms with Crippen molar-refractivity contribution in [2.24, 2.45) is 0 Å². The van der Waals surface area contributed by atoms with Crippen LogP contribution in [0, 0.1) is 6.07 Å². The number of nitrogens with zero attached hydrogens (tertiary/aromatic N) is 6. The summed E-state index contributed by atoms with van der Waals surface area (Å²) < 4.78 is 22.6. The van der Waals surface area contributed by atoms with Gasteiger partial charge in [-0.25, -0.2) is 9.97 Å². The molecule has 1 N–H and O–H groups in total. The Kier molecular flexibility index (Phi) is 24.6. The number of fused-ring (bicyclic) bond motifs is 6. The van der Waals surface area contributed by atoms with Crippen LogP contribution in [0.4, 0.5) is 56.9 Å². The fourth-order valence-electron chi connectivity index (χ4n) is 10.9. The summed E-state index contributed by atoms with van der Waals surface area (Å²) in [5, 5.41) is 9.29.